The molecule has 4 nitrogen and oxygen atoms in total. The molecule has 0 unspecified atom stereocenters. The van der Waals surface area contributed by atoms with E-state index in [-0.39, 0.29) is 11.4 Å². The van der Waals surface area contributed by atoms with E-state index in [1.807, 2.05) is 37.3 Å². The van der Waals surface area contributed by atoms with Gasteiger partial charge in [0.05, 0.1) is 12.8 Å². The Morgan fingerprint density at radius 3 is 2.70 bits per heavy atom. The molecule has 0 bridgehead atoms. The van der Waals surface area contributed by atoms with Gasteiger partial charge in [-0.3, -0.25) is 9.36 Å². The molecular formula is C22H21FN2O2. The quantitative estimate of drug-likeness (QED) is 0.772. The van der Waals surface area contributed by atoms with E-state index >= 15 is 0 Å². The van der Waals surface area contributed by atoms with Crippen LogP contribution in [0.15, 0.2) is 53.3 Å². The first-order valence-corrected chi connectivity index (χ1v) is 8.97. The number of rotatable bonds is 3. The zero-order valence-electron chi connectivity index (χ0n) is 15.4. The second-order valence-electron chi connectivity index (χ2n) is 6.81. The third-order valence-corrected chi connectivity index (χ3v) is 4.94. The fourth-order valence-electron chi connectivity index (χ4n) is 3.69. The minimum absolute atomic E-state index is 0.0803. The van der Waals surface area contributed by atoms with E-state index in [1.165, 1.54) is 12.1 Å². The predicted molar refractivity (Wildman–Crippen MR) is 104 cm³/mol. The number of fused-ring (bicyclic) bond motifs is 1. The molecule has 0 fully saturated rings. The van der Waals surface area contributed by atoms with Crippen molar-refractivity contribution >= 4 is 0 Å². The van der Waals surface area contributed by atoms with Crippen LogP contribution in [0.3, 0.4) is 0 Å². The van der Waals surface area contributed by atoms with Crippen LogP contribution in [0.4, 0.5) is 4.39 Å². The second-order valence-corrected chi connectivity index (χ2v) is 6.81. The first-order valence-electron chi connectivity index (χ1n) is 8.97. The summed E-state index contributed by atoms with van der Waals surface area (Å²) in [7, 11) is 1.58. The molecule has 0 radical (unpaired) electrons. The summed E-state index contributed by atoms with van der Waals surface area (Å²) in [4.78, 5) is 12.6. The number of pyridine rings is 1. The lowest BCUT2D eigenvalue weighted by molar-refractivity contribution is 0.412. The number of aromatic nitrogens is 1. The fourth-order valence-corrected chi connectivity index (χ4v) is 3.69. The lowest BCUT2D eigenvalue weighted by Crippen LogP contribution is -2.31. The third kappa shape index (κ3) is 3.26. The molecule has 1 aromatic heterocycles. The number of nitrogens with zero attached hydrogens (tertiary/aromatic N) is 1. The average molecular weight is 364 g/mol. The Kier molecular flexibility index (Phi) is 4.54. The largest absolute Gasteiger partial charge is 0.495 e. The van der Waals surface area contributed by atoms with Crippen LogP contribution in [0, 0.1) is 12.7 Å². The van der Waals surface area contributed by atoms with Crippen LogP contribution in [0.5, 0.6) is 5.75 Å². The molecule has 2 aromatic carbocycles. The Hall–Kier alpha value is -2.92. The molecule has 4 rings (SSSR count). The van der Waals surface area contributed by atoms with Crippen LogP contribution in [-0.4, -0.2) is 18.2 Å². The second kappa shape index (κ2) is 7.00. The van der Waals surface area contributed by atoms with Gasteiger partial charge in [-0.25, -0.2) is 4.39 Å². The zero-order chi connectivity index (χ0) is 19.0. The van der Waals surface area contributed by atoms with Crippen molar-refractivity contribution in [3.05, 3.63) is 81.5 Å². The normalized spacial score (nSPS) is 13.3. The topological polar surface area (TPSA) is 43.3 Å². The number of hydrogen-bond acceptors (Lipinski definition) is 3. The van der Waals surface area contributed by atoms with Crippen molar-refractivity contribution in [1.82, 2.24) is 9.88 Å². The molecule has 0 saturated heterocycles. The summed E-state index contributed by atoms with van der Waals surface area (Å²) in [5.74, 6) is 0.317. The Labute approximate surface area is 157 Å². The first-order chi connectivity index (χ1) is 13.1. The van der Waals surface area contributed by atoms with Crippen molar-refractivity contribution in [2.75, 3.05) is 13.7 Å². The molecule has 0 spiro atoms. The van der Waals surface area contributed by atoms with Gasteiger partial charge in [0, 0.05) is 31.3 Å². The van der Waals surface area contributed by atoms with Crippen molar-refractivity contribution in [1.29, 1.82) is 0 Å². The van der Waals surface area contributed by atoms with Gasteiger partial charge >= 0.3 is 0 Å². The highest BCUT2D eigenvalue weighted by Gasteiger charge is 2.18. The highest BCUT2D eigenvalue weighted by atomic mass is 19.1. The Morgan fingerprint density at radius 1 is 1.07 bits per heavy atom. The van der Waals surface area contributed by atoms with Gasteiger partial charge in [-0.15, -0.1) is 0 Å². The van der Waals surface area contributed by atoms with Crippen molar-refractivity contribution in [2.24, 2.45) is 0 Å². The molecule has 3 aromatic rings. The van der Waals surface area contributed by atoms with Crippen LogP contribution in [-0.2, 0) is 13.0 Å². The summed E-state index contributed by atoms with van der Waals surface area (Å²) in [5.41, 5.74) is 5.23. The van der Waals surface area contributed by atoms with Gasteiger partial charge in [-0.05, 0) is 53.4 Å². The lowest BCUT2D eigenvalue weighted by atomic mass is 10.0. The molecule has 0 aliphatic carbocycles. The zero-order valence-corrected chi connectivity index (χ0v) is 15.4. The standard InChI is InChI=1S/C22H21FN2O2/c1-14-9-17(11-18(23)10-14)15-3-5-20(21(12-15)27-2)25-19-7-8-24-13-16(19)4-6-22(25)26/h3-6,9-12,24H,7-8,13H2,1-2H3. The van der Waals surface area contributed by atoms with Crippen LogP contribution >= 0.6 is 0 Å². The third-order valence-electron chi connectivity index (χ3n) is 4.94. The number of hydrogen-bond donors (Lipinski definition) is 1. The van der Waals surface area contributed by atoms with Gasteiger partial charge in [0.25, 0.3) is 5.56 Å². The highest BCUT2D eigenvalue weighted by molar-refractivity contribution is 5.69. The Morgan fingerprint density at radius 2 is 1.93 bits per heavy atom. The van der Waals surface area contributed by atoms with Gasteiger partial charge in [0.2, 0.25) is 0 Å². The summed E-state index contributed by atoms with van der Waals surface area (Å²) in [6, 6.07) is 14.0. The molecule has 2 heterocycles. The maximum Gasteiger partial charge on any atom is 0.255 e. The summed E-state index contributed by atoms with van der Waals surface area (Å²) in [5, 5.41) is 3.33. The molecule has 138 valence electrons. The lowest BCUT2D eigenvalue weighted by Gasteiger charge is -2.23. The molecule has 0 amide bonds. The minimum Gasteiger partial charge on any atom is -0.495 e. The van der Waals surface area contributed by atoms with E-state index in [0.29, 0.717) is 11.4 Å². The maximum absolute atomic E-state index is 13.8. The van der Waals surface area contributed by atoms with Crippen molar-refractivity contribution in [3.63, 3.8) is 0 Å². The van der Waals surface area contributed by atoms with Gasteiger partial charge in [0.1, 0.15) is 11.6 Å². The molecular weight excluding hydrogens is 343 g/mol. The summed E-state index contributed by atoms with van der Waals surface area (Å²) in [6.07, 6.45) is 0.777. The summed E-state index contributed by atoms with van der Waals surface area (Å²) in [6.45, 7) is 3.44. The first kappa shape index (κ1) is 17.5. The molecule has 1 aliphatic rings. The van der Waals surface area contributed by atoms with E-state index in [1.54, 1.807) is 17.7 Å². The Balaban J connectivity index is 1.88. The number of aryl methyl sites for hydroxylation is 1. The summed E-state index contributed by atoms with van der Waals surface area (Å²) < 4.78 is 21.1. The molecule has 0 atom stereocenters. The smallest absolute Gasteiger partial charge is 0.255 e. The van der Waals surface area contributed by atoms with E-state index in [2.05, 4.69) is 5.32 Å². The molecule has 27 heavy (non-hydrogen) atoms. The molecule has 1 N–H and O–H groups in total. The van der Waals surface area contributed by atoms with Gasteiger partial charge < -0.3 is 10.1 Å². The predicted octanol–water partition coefficient (Wildman–Crippen LogP) is 3.61. The summed E-state index contributed by atoms with van der Waals surface area (Å²) >= 11 is 0. The van der Waals surface area contributed by atoms with Gasteiger partial charge in [-0.2, -0.15) is 0 Å². The van der Waals surface area contributed by atoms with Gasteiger partial charge in [0.15, 0.2) is 0 Å². The van der Waals surface area contributed by atoms with E-state index in [9.17, 15) is 9.18 Å². The number of methoxy groups -OCH3 is 1. The van der Waals surface area contributed by atoms with Crippen molar-refractivity contribution in [2.45, 2.75) is 19.9 Å². The van der Waals surface area contributed by atoms with Crippen LogP contribution in [0.1, 0.15) is 16.8 Å². The molecule has 1 aliphatic heterocycles. The number of ether oxygens (including phenoxy) is 1. The van der Waals surface area contributed by atoms with Crippen LogP contribution < -0.4 is 15.6 Å². The molecule has 0 saturated carbocycles. The van der Waals surface area contributed by atoms with E-state index in [4.69, 9.17) is 4.74 Å². The van der Waals surface area contributed by atoms with Crippen LogP contribution in [0.25, 0.3) is 16.8 Å². The Bertz CT molecular complexity index is 1050. The van der Waals surface area contributed by atoms with Crippen molar-refractivity contribution in [3.8, 4) is 22.6 Å². The minimum atomic E-state index is -0.270. The number of benzene rings is 2. The number of nitrogens with one attached hydrogen (secondary N) is 1. The SMILES string of the molecule is COc1cc(-c2cc(C)cc(F)c2)ccc1-n1c2c(ccc1=O)CNCC2. The number of halogens is 1. The van der Waals surface area contributed by atoms with Crippen molar-refractivity contribution < 1.29 is 9.13 Å². The fraction of sp³-hybridized carbons (Fsp3) is 0.227. The van der Waals surface area contributed by atoms with E-state index < -0.39 is 0 Å². The monoisotopic (exact) mass is 364 g/mol. The maximum atomic E-state index is 13.8. The van der Waals surface area contributed by atoms with Gasteiger partial charge in [-0.1, -0.05) is 18.2 Å². The molecule has 5 heteroatoms. The highest BCUT2D eigenvalue weighted by Crippen LogP contribution is 2.31. The average Bonchev–Trinajstić information content (AvgIpc) is 2.67. The van der Waals surface area contributed by atoms with E-state index in [0.717, 1.165) is 47.5 Å². The van der Waals surface area contributed by atoms with Crippen LogP contribution in [0.2, 0.25) is 0 Å².